The van der Waals surface area contributed by atoms with Crippen molar-refractivity contribution in [2.45, 2.75) is 6.54 Å². The number of nitrogens with zero attached hydrogens (tertiary/aromatic N) is 1. The molecule has 2 aliphatic heterocycles. The largest absolute Gasteiger partial charge is 0.469 e. The van der Waals surface area contributed by atoms with Crippen LogP contribution in [-0.4, -0.2) is 44.3 Å². The predicted octanol–water partition coefficient (Wildman–Crippen LogP) is 1.55. The molecule has 2 atom stereocenters. The third-order valence-corrected chi connectivity index (χ3v) is 4.39. The number of rotatable bonds is 3. The summed E-state index contributed by atoms with van der Waals surface area (Å²) in [5.41, 5.74) is 1.32. The van der Waals surface area contributed by atoms with E-state index in [4.69, 9.17) is 9.47 Å². The van der Waals surface area contributed by atoms with E-state index in [1.165, 1.54) is 12.7 Å². The molecule has 0 saturated carbocycles. The van der Waals surface area contributed by atoms with Gasteiger partial charge in [0.05, 0.1) is 26.2 Å². The van der Waals surface area contributed by atoms with E-state index in [2.05, 4.69) is 29.2 Å². The van der Waals surface area contributed by atoms with Crippen LogP contribution in [0.1, 0.15) is 5.56 Å². The van der Waals surface area contributed by atoms with Crippen molar-refractivity contribution < 1.29 is 14.3 Å². The first-order valence-corrected chi connectivity index (χ1v) is 7.20. The monoisotopic (exact) mass is 275 g/mol. The van der Waals surface area contributed by atoms with Gasteiger partial charge in [0.25, 0.3) is 0 Å². The summed E-state index contributed by atoms with van der Waals surface area (Å²) < 4.78 is 10.6. The van der Waals surface area contributed by atoms with Gasteiger partial charge in [-0.15, -0.1) is 0 Å². The maximum absolute atomic E-state index is 11.9. The first-order valence-electron chi connectivity index (χ1n) is 7.20. The standard InChI is InChI=1S/C16H21NO3/c1-19-16(18)15-13-8-17(9-14(15)11-20-10-13)7-12-5-3-2-4-6-12/h2-6,13-15H,7-11H2,1H3. The van der Waals surface area contributed by atoms with Gasteiger partial charge >= 0.3 is 5.97 Å². The molecule has 0 N–H and O–H groups in total. The van der Waals surface area contributed by atoms with Crippen LogP contribution >= 0.6 is 0 Å². The van der Waals surface area contributed by atoms with Crippen LogP contribution in [0.4, 0.5) is 0 Å². The molecule has 4 heteroatoms. The summed E-state index contributed by atoms with van der Waals surface area (Å²) in [5.74, 6) is 0.473. The van der Waals surface area contributed by atoms with Crippen molar-refractivity contribution in [2.75, 3.05) is 33.4 Å². The van der Waals surface area contributed by atoms with Gasteiger partial charge in [-0.25, -0.2) is 0 Å². The van der Waals surface area contributed by atoms with Crippen LogP contribution in [0.25, 0.3) is 0 Å². The van der Waals surface area contributed by atoms with Crippen LogP contribution in [0.5, 0.6) is 0 Å². The van der Waals surface area contributed by atoms with Gasteiger partial charge in [-0.1, -0.05) is 30.3 Å². The van der Waals surface area contributed by atoms with Crippen molar-refractivity contribution in [3.05, 3.63) is 35.9 Å². The zero-order valence-electron chi connectivity index (χ0n) is 11.8. The van der Waals surface area contributed by atoms with Gasteiger partial charge in [-0.3, -0.25) is 9.69 Å². The Morgan fingerprint density at radius 3 is 2.50 bits per heavy atom. The molecular formula is C16H21NO3. The van der Waals surface area contributed by atoms with Crippen molar-refractivity contribution in [1.29, 1.82) is 0 Å². The lowest BCUT2D eigenvalue weighted by molar-refractivity contribution is -0.164. The highest BCUT2D eigenvalue weighted by Crippen LogP contribution is 2.34. The molecule has 0 spiro atoms. The van der Waals surface area contributed by atoms with Gasteiger partial charge in [-0.2, -0.15) is 0 Å². The summed E-state index contributed by atoms with van der Waals surface area (Å²) in [5, 5.41) is 0. The zero-order chi connectivity index (χ0) is 13.9. The maximum Gasteiger partial charge on any atom is 0.309 e. The minimum absolute atomic E-state index is 0.0146. The number of methoxy groups -OCH3 is 1. The average Bonchev–Trinajstić information content (AvgIpc) is 2.46. The Labute approximate surface area is 119 Å². The van der Waals surface area contributed by atoms with E-state index in [-0.39, 0.29) is 23.7 Å². The zero-order valence-corrected chi connectivity index (χ0v) is 11.8. The van der Waals surface area contributed by atoms with Crippen LogP contribution in [0.2, 0.25) is 0 Å². The van der Waals surface area contributed by atoms with Gasteiger partial charge in [0, 0.05) is 31.5 Å². The Morgan fingerprint density at radius 2 is 1.90 bits per heavy atom. The van der Waals surface area contributed by atoms with E-state index >= 15 is 0 Å². The second-order valence-corrected chi connectivity index (χ2v) is 5.79. The molecule has 1 aromatic carbocycles. The molecule has 0 aliphatic carbocycles. The molecule has 1 aromatic rings. The number of fused-ring (bicyclic) bond motifs is 2. The minimum atomic E-state index is -0.0670. The highest BCUT2D eigenvalue weighted by Gasteiger charge is 2.44. The fraction of sp³-hybridized carbons (Fsp3) is 0.562. The SMILES string of the molecule is COC(=O)C1C2COCC1CN(Cc1ccccc1)C2. The van der Waals surface area contributed by atoms with Crippen LogP contribution in [-0.2, 0) is 20.8 Å². The maximum atomic E-state index is 11.9. The summed E-state index contributed by atoms with van der Waals surface area (Å²) in [6.07, 6.45) is 0. The molecule has 0 amide bonds. The number of ether oxygens (including phenoxy) is 2. The number of hydrogen-bond donors (Lipinski definition) is 0. The number of benzene rings is 1. The van der Waals surface area contributed by atoms with Gasteiger partial charge < -0.3 is 9.47 Å². The first-order chi connectivity index (χ1) is 9.78. The molecule has 20 heavy (non-hydrogen) atoms. The Balaban J connectivity index is 1.69. The Bertz CT molecular complexity index is 448. The Morgan fingerprint density at radius 1 is 1.25 bits per heavy atom. The molecule has 2 bridgehead atoms. The van der Waals surface area contributed by atoms with Crippen LogP contribution < -0.4 is 0 Å². The molecule has 2 aliphatic rings. The van der Waals surface area contributed by atoms with Gasteiger partial charge in [-0.05, 0) is 5.56 Å². The van der Waals surface area contributed by atoms with Crippen molar-refractivity contribution in [1.82, 2.24) is 4.90 Å². The molecule has 4 nitrogen and oxygen atoms in total. The number of likely N-dealkylation sites (tertiary alicyclic amines) is 1. The molecule has 2 saturated heterocycles. The second-order valence-electron chi connectivity index (χ2n) is 5.79. The summed E-state index contributed by atoms with van der Waals surface area (Å²) in [4.78, 5) is 14.4. The van der Waals surface area contributed by atoms with E-state index in [1.807, 2.05) is 6.07 Å². The van der Waals surface area contributed by atoms with Crippen LogP contribution in [0.3, 0.4) is 0 Å². The number of esters is 1. The molecular weight excluding hydrogens is 254 g/mol. The second kappa shape index (κ2) is 5.94. The third kappa shape index (κ3) is 2.72. The minimum Gasteiger partial charge on any atom is -0.469 e. The van der Waals surface area contributed by atoms with Gasteiger partial charge in [0.15, 0.2) is 0 Å². The molecule has 2 heterocycles. The molecule has 2 fully saturated rings. The fourth-order valence-corrected chi connectivity index (χ4v) is 3.53. The predicted molar refractivity (Wildman–Crippen MR) is 75.0 cm³/mol. The topological polar surface area (TPSA) is 38.8 Å². The fourth-order valence-electron chi connectivity index (χ4n) is 3.53. The highest BCUT2D eigenvalue weighted by atomic mass is 16.5. The Kier molecular flexibility index (Phi) is 4.03. The Hall–Kier alpha value is -1.39. The molecule has 108 valence electrons. The van der Waals surface area contributed by atoms with Crippen molar-refractivity contribution in [3.8, 4) is 0 Å². The summed E-state index contributed by atoms with van der Waals surface area (Å²) in [6, 6.07) is 10.5. The van der Waals surface area contributed by atoms with E-state index in [0.29, 0.717) is 13.2 Å². The van der Waals surface area contributed by atoms with Crippen molar-refractivity contribution in [2.24, 2.45) is 17.8 Å². The number of piperidine rings is 1. The average molecular weight is 275 g/mol. The van der Waals surface area contributed by atoms with Gasteiger partial charge in [0.1, 0.15) is 0 Å². The molecule has 2 unspecified atom stereocenters. The summed E-state index contributed by atoms with van der Waals surface area (Å²) in [7, 11) is 1.48. The molecule has 0 aromatic heterocycles. The van der Waals surface area contributed by atoms with E-state index in [9.17, 15) is 4.79 Å². The van der Waals surface area contributed by atoms with Crippen LogP contribution in [0.15, 0.2) is 30.3 Å². The van der Waals surface area contributed by atoms with Crippen molar-refractivity contribution in [3.63, 3.8) is 0 Å². The number of hydrogen-bond acceptors (Lipinski definition) is 4. The van der Waals surface area contributed by atoms with Crippen LogP contribution in [0, 0.1) is 17.8 Å². The first kappa shape index (κ1) is 13.6. The third-order valence-electron chi connectivity index (χ3n) is 4.39. The van der Waals surface area contributed by atoms with E-state index in [0.717, 1.165) is 19.6 Å². The normalized spacial score (nSPS) is 29.9. The van der Waals surface area contributed by atoms with Gasteiger partial charge in [0.2, 0.25) is 0 Å². The lowest BCUT2D eigenvalue weighted by atomic mass is 9.76. The number of carbonyl (C=O) groups excluding carboxylic acids is 1. The lowest BCUT2D eigenvalue weighted by Crippen LogP contribution is -2.54. The molecule has 0 radical (unpaired) electrons. The lowest BCUT2D eigenvalue weighted by Gasteiger charge is -2.45. The smallest absolute Gasteiger partial charge is 0.309 e. The highest BCUT2D eigenvalue weighted by molar-refractivity contribution is 5.73. The number of carbonyl (C=O) groups is 1. The van der Waals surface area contributed by atoms with E-state index < -0.39 is 0 Å². The summed E-state index contributed by atoms with van der Waals surface area (Å²) >= 11 is 0. The summed E-state index contributed by atoms with van der Waals surface area (Å²) in [6.45, 7) is 4.10. The van der Waals surface area contributed by atoms with Crippen molar-refractivity contribution >= 4 is 5.97 Å². The quantitative estimate of drug-likeness (QED) is 0.785. The van der Waals surface area contributed by atoms with E-state index in [1.54, 1.807) is 0 Å². The molecule has 3 rings (SSSR count).